The Kier molecular flexibility index (Phi) is 9.23. The molecule has 2 heterocycles. The van der Waals surface area contributed by atoms with E-state index in [9.17, 15) is 18.3 Å². The molecule has 2 aliphatic rings. The number of dihydropyridines is 1. The Morgan fingerprint density at radius 3 is 2.24 bits per heavy atom. The average molecular weight is 692 g/mol. The lowest BCUT2D eigenvalue weighted by atomic mass is 9.84. The van der Waals surface area contributed by atoms with Crippen LogP contribution in [0.3, 0.4) is 0 Å². The van der Waals surface area contributed by atoms with Gasteiger partial charge in [-0.15, -0.1) is 0 Å². The molecule has 0 spiro atoms. The molecule has 7 rings (SSSR count). The van der Waals surface area contributed by atoms with Crippen molar-refractivity contribution >= 4 is 44.7 Å². The van der Waals surface area contributed by atoms with Gasteiger partial charge in [0.25, 0.3) is 0 Å². The van der Waals surface area contributed by atoms with Crippen LogP contribution in [0.15, 0.2) is 132 Å². The largest absolute Gasteiger partial charge is 0.493 e. The van der Waals surface area contributed by atoms with Gasteiger partial charge in [0.05, 0.1) is 24.0 Å². The third kappa shape index (κ3) is 6.96. The number of aromatic carboxylic acids is 1. The van der Waals surface area contributed by atoms with Gasteiger partial charge in [0.2, 0.25) is 10.0 Å². The molecule has 8 nitrogen and oxygen atoms in total. The smallest absolute Gasteiger partial charge is 0.335 e. The summed E-state index contributed by atoms with van der Waals surface area (Å²) in [6, 6.07) is 32.5. The second-order valence-corrected chi connectivity index (χ2v) is 14.4. The lowest BCUT2D eigenvalue weighted by molar-refractivity contribution is 0.0697. The number of halogens is 1. The molecule has 10 heteroatoms. The van der Waals surface area contributed by atoms with Crippen molar-refractivity contribution in [2.45, 2.75) is 18.9 Å². The zero-order valence-corrected chi connectivity index (χ0v) is 28.1. The number of aromatic nitrogens is 1. The number of allylic oxidation sites excluding steroid dienone is 3. The highest BCUT2D eigenvalue weighted by Crippen LogP contribution is 2.39. The highest BCUT2D eigenvalue weighted by atomic mass is 35.5. The fourth-order valence-electron chi connectivity index (χ4n) is 6.71. The van der Waals surface area contributed by atoms with Gasteiger partial charge in [-0.1, -0.05) is 72.3 Å². The van der Waals surface area contributed by atoms with E-state index in [0.717, 1.165) is 44.6 Å². The number of carbonyl (C=O) groups is 1. The number of ether oxygens (including phenoxy) is 1. The van der Waals surface area contributed by atoms with Crippen LogP contribution in [-0.2, 0) is 22.9 Å². The second-order valence-electron chi connectivity index (χ2n) is 12.1. The van der Waals surface area contributed by atoms with Crippen molar-refractivity contribution in [1.29, 1.82) is 0 Å². The quantitative estimate of drug-likeness (QED) is 0.128. The number of benzene rings is 4. The molecule has 0 saturated heterocycles. The number of carboxylic acid groups (broad SMARTS) is 1. The standard InChI is InChI=1S/C39H34ClN3O5S/c40-30-13-16-36-33(24-30)32(19-22-48-31-14-11-28(12-15-31)39(44)45)37(18-21-42-49(46,47)25-34-29-17-20-41-35(34)23-29)43(36)38(26-7-3-1-4-8-26)27-9-5-2-6-10-27/h1-17,20,23-24,34,38,42H,18-19,21-22,25H2,(H,44,45). The van der Waals surface area contributed by atoms with Crippen LogP contribution in [0, 0.1) is 5.92 Å². The van der Waals surface area contributed by atoms with Crippen molar-refractivity contribution in [3.63, 3.8) is 0 Å². The molecular formula is C39H34ClN3O5S. The van der Waals surface area contributed by atoms with Gasteiger partial charge in [0.1, 0.15) is 5.75 Å². The van der Waals surface area contributed by atoms with Crippen LogP contribution in [0.1, 0.15) is 38.8 Å². The Morgan fingerprint density at radius 2 is 1.63 bits per heavy atom. The maximum atomic E-state index is 13.3. The number of nitrogens with one attached hydrogen (secondary N) is 1. The Bertz CT molecular complexity index is 2160. The highest BCUT2D eigenvalue weighted by molar-refractivity contribution is 7.89. The molecule has 4 aromatic carbocycles. The van der Waals surface area contributed by atoms with Gasteiger partial charge in [-0.05, 0) is 76.9 Å². The second kappa shape index (κ2) is 13.9. The van der Waals surface area contributed by atoms with Gasteiger partial charge in [-0.2, -0.15) is 0 Å². The number of sulfonamides is 1. The molecule has 2 N–H and O–H groups in total. The van der Waals surface area contributed by atoms with Crippen LogP contribution in [0.2, 0.25) is 5.02 Å². The van der Waals surface area contributed by atoms with E-state index in [-0.39, 0.29) is 29.8 Å². The molecule has 1 atom stereocenters. The summed E-state index contributed by atoms with van der Waals surface area (Å²) in [5.74, 6) is -0.684. The Labute approximate surface area is 290 Å². The number of hydrogen-bond acceptors (Lipinski definition) is 5. The SMILES string of the molecule is O=C(O)c1ccc(OCCc2c(CCNS(=O)(=O)CC3c4ccnc3c4)n(C(c3ccccc3)c3ccccc3)c3ccc(Cl)cc23)cc1. The summed E-state index contributed by atoms with van der Waals surface area (Å²) in [6.45, 7) is 0.506. The summed E-state index contributed by atoms with van der Waals surface area (Å²) in [5.41, 5.74) is 7.09. The van der Waals surface area contributed by atoms with E-state index in [1.807, 2.05) is 66.7 Å². The number of nitrogens with zero attached hydrogens (tertiary/aromatic N) is 2. The van der Waals surface area contributed by atoms with E-state index in [1.165, 1.54) is 12.1 Å². The minimum Gasteiger partial charge on any atom is -0.493 e. The minimum atomic E-state index is -3.61. The lowest BCUT2D eigenvalue weighted by Gasteiger charge is -2.29. The van der Waals surface area contributed by atoms with Crippen molar-refractivity contribution in [3.05, 3.63) is 160 Å². The normalized spacial score (nSPS) is 15.2. The van der Waals surface area contributed by atoms with Gasteiger partial charge in [-0.25, -0.2) is 17.9 Å². The molecule has 2 bridgehead atoms. The number of fused-ring (bicyclic) bond motifs is 3. The first kappa shape index (κ1) is 32.6. The average Bonchev–Trinajstić information content (AvgIpc) is 3.40. The fourth-order valence-corrected chi connectivity index (χ4v) is 8.21. The molecule has 0 saturated carbocycles. The van der Waals surface area contributed by atoms with Crippen molar-refractivity contribution in [3.8, 4) is 5.75 Å². The van der Waals surface area contributed by atoms with E-state index in [4.69, 9.17) is 16.3 Å². The zero-order chi connectivity index (χ0) is 34.0. The molecule has 1 aromatic heterocycles. The third-order valence-electron chi connectivity index (χ3n) is 9.03. The number of carboxylic acids is 1. The molecule has 0 radical (unpaired) electrons. The molecule has 1 aliphatic heterocycles. The molecule has 49 heavy (non-hydrogen) atoms. The Morgan fingerprint density at radius 1 is 0.939 bits per heavy atom. The molecular weight excluding hydrogens is 658 g/mol. The van der Waals surface area contributed by atoms with Crippen LogP contribution >= 0.6 is 11.6 Å². The van der Waals surface area contributed by atoms with E-state index in [1.54, 1.807) is 18.3 Å². The molecule has 0 fully saturated rings. The molecule has 1 aliphatic carbocycles. The fraction of sp³-hybridized carbons (Fsp3) is 0.179. The van der Waals surface area contributed by atoms with Crippen molar-refractivity contribution in [2.75, 3.05) is 18.9 Å². The van der Waals surface area contributed by atoms with Crippen molar-refractivity contribution in [1.82, 2.24) is 9.29 Å². The van der Waals surface area contributed by atoms with Crippen molar-refractivity contribution < 1.29 is 23.1 Å². The lowest BCUT2D eigenvalue weighted by Crippen LogP contribution is -2.35. The summed E-state index contributed by atoms with van der Waals surface area (Å²) in [6.07, 6.45) is 6.41. The first-order valence-corrected chi connectivity index (χ1v) is 18.1. The zero-order valence-electron chi connectivity index (χ0n) is 26.5. The van der Waals surface area contributed by atoms with E-state index >= 15 is 0 Å². The predicted octanol–water partition coefficient (Wildman–Crippen LogP) is 7.24. The predicted molar refractivity (Wildman–Crippen MR) is 193 cm³/mol. The van der Waals surface area contributed by atoms with E-state index < -0.39 is 16.0 Å². The van der Waals surface area contributed by atoms with Gasteiger partial charge >= 0.3 is 5.97 Å². The molecule has 248 valence electrons. The van der Waals surface area contributed by atoms with Crippen LogP contribution < -0.4 is 9.46 Å². The first-order chi connectivity index (χ1) is 23.8. The summed E-state index contributed by atoms with van der Waals surface area (Å²) >= 11 is 6.61. The summed E-state index contributed by atoms with van der Waals surface area (Å²) in [7, 11) is -3.61. The van der Waals surface area contributed by atoms with Crippen LogP contribution in [0.4, 0.5) is 0 Å². The summed E-state index contributed by atoms with van der Waals surface area (Å²) in [4.78, 5) is 15.6. The van der Waals surface area contributed by atoms with Gasteiger partial charge in [0.15, 0.2) is 0 Å². The van der Waals surface area contributed by atoms with E-state index in [0.29, 0.717) is 30.2 Å². The topological polar surface area (TPSA) is 110 Å². The van der Waals surface area contributed by atoms with Crippen molar-refractivity contribution in [2.24, 2.45) is 10.9 Å². The van der Waals surface area contributed by atoms with Gasteiger partial charge in [0, 0.05) is 58.8 Å². The minimum absolute atomic E-state index is 0.0430. The third-order valence-corrected chi connectivity index (χ3v) is 10.7. The van der Waals surface area contributed by atoms with E-state index in [2.05, 4.69) is 38.5 Å². The van der Waals surface area contributed by atoms with Crippen LogP contribution in [0.5, 0.6) is 5.75 Å². The molecule has 5 aromatic rings. The number of hydrogen-bond donors (Lipinski definition) is 2. The first-order valence-electron chi connectivity index (χ1n) is 16.1. The monoisotopic (exact) mass is 691 g/mol. The number of rotatable bonds is 14. The molecule has 1 unspecified atom stereocenters. The summed E-state index contributed by atoms with van der Waals surface area (Å²) in [5, 5.41) is 10.8. The van der Waals surface area contributed by atoms with Crippen LogP contribution in [-0.4, -0.2) is 49.2 Å². The summed E-state index contributed by atoms with van der Waals surface area (Å²) < 4.78 is 37.9. The van der Waals surface area contributed by atoms with Gasteiger partial charge in [-0.3, -0.25) is 4.99 Å². The maximum absolute atomic E-state index is 13.3. The maximum Gasteiger partial charge on any atom is 0.335 e. The Hall–Kier alpha value is -4.96. The Balaban J connectivity index is 1.26. The van der Waals surface area contributed by atoms with Gasteiger partial charge < -0.3 is 14.4 Å². The highest BCUT2D eigenvalue weighted by Gasteiger charge is 2.33. The van der Waals surface area contributed by atoms with Crippen LogP contribution in [0.25, 0.3) is 10.9 Å². The number of aliphatic imine (C=N–C) groups is 1. The molecule has 0 amide bonds.